The third-order valence-electron chi connectivity index (χ3n) is 2.43. The highest BCUT2D eigenvalue weighted by Gasteiger charge is 2.10. The van der Waals surface area contributed by atoms with Gasteiger partial charge in [0.25, 0.3) is 5.91 Å². The highest BCUT2D eigenvalue weighted by Crippen LogP contribution is 2.22. The first-order chi connectivity index (χ1) is 9.31. The lowest BCUT2D eigenvalue weighted by Crippen LogP contribution is -2.23. The summed E-state index contributed by atoms with van der Waals surface area (Å²) in [4.78, 5) is 12.9. The van der Waals surface area contributed by atoms with Gasteiger partial charge in [-0.1, -0.05) is 12.1 Å². The lowest BCUT2D eigenvalue weighted by Gasteiger charge is -2.07. The second-order valence-electron chi connectivity index (χ2n) is 3.73. The average Bonchev–Trinajstić information content (AvgIpc) is 2.96. The van der Waals surface area contributed by atoms with Crippen molar-refractivity contribution >= 4 is 17.7 Å². The van der Waals surface area contributed by atoms with Gasteiger partial charge in [0.15, 0.2) is 0 Å². The first kappa shape index (κ1) is 13.2. The Morgan fingerprint density at radius 2 is 2.32 bits per heavy atom. The fourth-order valence-corrected chi connectivity index (χ4v) is 2.25. The Morgan fingerprint density at radius 3 is 3.05 bits per heavy atom. The number of carbonyl (C=O) groups excluding carboxylic acids is 1. The Bertz CT molecular complexity index is 589. The molecule has 0 atom stereocenters. The minimum absolute atomic E-state index is 0.151. The normalized spacial score (nSPS) is 9.84. The quantitative estimate of drug-likeness (QED) is 0.815. The third kappa shape index (κ3) is 3.60. The molecule has 1 aromatic heterocycles. The molecule has 1 heterocycles. The van der Waals surface area contributed by atoms with Crippen LogP contribution in [0.2, 0.25) is 0 Å². The highest BCUT2D eigenvalue weighted by molar-refractivity contribution is 7.99. The fraction of sp³-hybridized carbons (Fsp3) is 0.154. The maximum atomic E-state index is 12.1. The monoisotopic (exact) mass is 272 g/mol. The summed E-state index contributed by atoms with van der Waals surface area (Å²) in [6.45, 7) is 0.423. The number of nitrogens with one attached hydrogen (secondary N) is 2. The zero-order valence-corrected chi connectivity index (χ0v) is 10.9. The summed E-state index contributed by atoms with van der Waals surface area (Å²) in [5.74, 6) is 0.175. The number of rotatable bonds is 5. The van der Waals surface area contributed by atoms with E-state index in [9.17, 15) is 4.79 Å². The standard InChI is InChI=1S/C13H12N4OS/c14-5-6-19-12-4-2-1-3-11(12)13(18)15-7-10-8-16-17-9-10/h1-4,8-9H,6-7H2,(H,15,18)(H,16,17). The van der Waals surface area contributed by atoms with Gasteiger partial charge >= 0.3 is 0 Å². The first-order valence-corrected chi connectivity index (χ1v) is 6.64. The average molecular weight is 272 g/mol. The molecule has 0 unspecified atom stereocenters. The number of nitrogens with zero attached hydrogens (tertiary/aromatic N) is 2. The summed E-state index contributed by atoms with van der Waals surface area (Å²) >= 11 is 1.36. The van der Waals surface area contributed by atoms with Crippen LogP contribution in [-0.2, 0) is 6.54 Å². The number of aromatic amines is 1. The van der Waals surface area contributed by atoms with E-state index in [0.717, 1.165) is 10.5 Å². The molecule has 0 aliphatic carbocycles. The molecule has 2 N–H and O–H groups in total. The van der Waals surface area contributed by atoms with Crippen LogP contribution in [0, 0.1) is 11.3 Å². The van der Waals surface area contributed by atoms with Gasteiger partial charge in [0.05, 0.1) is 23.6 Å². The summed E-state index contributed by atoms with van der Waals surface area (Å²) in [7, 11) is 0. The van der Waals surface area contributed by atoms with Gasteiger partial charge in [-0.15, -0.1) is 11.8 Å². The minimum Gasteiger partial charge on any atom is -0.348 e. The zero-order chi connectivity index (χ0) is 13.5. The molecule has 2 aromatic rings. The molecule has 1 aromatic carbocycles. The topological polar surface area (TPSA) is 81.6 Å². The molecule has 0 spiro atoms. The van der Waals surface area contributed by atoms with Crippen molar-refractivity contribution in [3.05, 3.63) is 47.8 Å². The Hall–Kier alpha value is -2.26. The van der Waals surface area contributed by atoms with Crippen LogP contribution < -0.4 is 5.32 Å². The number of thioether (sulfide) groups is 1. The third-order valence-corrected chi connectivity index (χ3v) is 3.37. The molecular weight excluding hydrogens is 260 g/mol. The van der Waals surface area contributed by atoms with Crippen LogP contribution in [0.15, 0.2) is 41.6 Å². The predicted molar refractivity (Wildman–Crippen MR) is 72.5 cm³/mol. The summed E-state index contributed by atoms with van der Waals surface area (Å²) in [5, 5.41) is 17.9. The number of nitriles is 1. The smallest absolute Gasteiger partial charge is 0.252 e. The van der Waals surface area contributed by atoms with Crippen LogP contribution in [0.5, 0.6) is 0 Å². The zero-order valence-electron chi connectivity index (χ0n) is 10.1. The molecule has 0 fully saturated rings. The van der Waals surface area contributed by atoms with Gasteiger partial charge in [-0.3, -0.25) is 9.89 Å². The van der Waals surface area contributed by atoms with E-state index in [2.05, 4.69) is 21.6 Å². The largest absolute Gasteiger partial charge is 0.348 e. The van der Waals surface area contributed by atoms with E-state index in [0.29, 0.717) is 17.9 Å². The highest BCUT2D eigenvalue weighted by atomic mass is 32.2. The Kier molecular flexibility index (Phi) is 4.59. The lowest BCUT2D eigenvalue weighted by atomic mass is 10.2. The van der Waals surface area contributed by atoms with Crippen LogP contribution in [0.4, 0.5) is 0 Å². The second kappa shape index (κ2) is 6.61. The molecule has 0 aliphatic rings. The van der Waals surface area contributed by atoms with Gasteiger partial charge in [0, 0.05) is 23.2 Å². The maximum absolute atomic E-state index is 12.1. The Balaban J connectivity index is 2.04. The number of aromatic nitrogens is 2. The van der Waals surface area contributed by atoms with Crippen molar-refractivity contribution in [3.63, 3.8) is 0 Å². The van der Waals surface area contributed by atoms with Crippen LogP contribution >= 0.6 is 11.8 Å². The van der Waals surface area contributed by atoms with Gasteiger partial charge in [0.2, 0.25) is 0 Å². The molecule has 0 bridgehead atoms. The molecule has 1 amide bonds. The number of H-pyrrole nitrogens is 1. The van der Waals surface area contributed by atoms with Crippen LogP contribution in [-0.4, -0.2) is 21.9 Å². The van der Waals surface area contributed by atoms with Crippen molar-refractivity contribution in [1.82, 2.24) is 15.5 Å². The first-order valence-electron chi connectivity index (χ1n) is 5.66. The summed E-state index contributed by atoms with van der Waals surface area (Å²) in [6.07, 6.45) is 3.40. The van der Waals surface area contributed by atoms with Gasteiger partial charge in [0.1, 0.15) is 0 Å². The number of amides is 1. The van der Waals surface area contributed by atoms with Gasteiger partial charge < -0.3 is 5.32 Å². The molecule has 0 radical (unpaired) electrons. The lowest BCUT2D eigenvalue weighted by molar-refractivity contribution is 0.0948. The number of carbonyl (C=O) groups is 1. The van der Waals surface area contributed by atoms with Gasteiger partial charge in [-0.2, -0.15) is 10.4 Å². The van der Waals surface area contributed by atoms with Crippen molar-refractivity contribution in [3.8, 4) is 6.07 Å². The fourth-order valence-electron chi connectivity index (χ4n) is 1.54. The van der Waals surface area contributed by atoms with Gasteiger partial charge in [-0.25, -0.2) is 0 Å². The molecule has 96 valence electrons. The van der Waals surface area contributed by atoms with Crippen molar-refractivity contribution in [2.24, 2.45) is 0 Å². The maximum Gasteiger partial charge on any atom is 0.252 e. The Morgan fingerprint density at radius 1 is 1.47 bits per heavy atom. The summed E-state index contributed by atoms with van der Waals surface area (Å²) in [5.41, 5.74) is 1.50. The summed E-state index contributed by atoms with van der Waals surface area (Å²) < 4.78 is 0. The van der Waals surface area contributed by atoms with E-state index in [-0.39, 0.29) is 5.91 Å². The van der Waals surface area contributed by atoms with Crippen molar-refractivity contribution < 1.29 is 4.79 Å². The molecule has 19 heavy (non-hydrogen) atoms. The van der Waals surface area contributed by atoms with Crippen LogP contribution in [0.3, 0.4) is 0 Å². The second-order valence-corrected chi connectivity index (χ2v) is 4.75. The van der Waals surface area contributed by atoms with E-state index in [1.54, 1.807) is 18.5 Å². The van der Waals surface area contributed by atoms with Crippen molar-refractivity contribution in [1.29, 1.82) is 5.26 Å². The molecule has 2 rings (SSSR count). The molecule has 0 saturated heterocycles. The van der Waals surface area contributed by atoms with E-state index >= 15 is 0 Å². The van der Waals surface area contributed by atoms with E-state index in [1.165, 1.54) is 11.8 Å². The van der Waals surface area contributed by atoms with Crippen molar-refractivity contribution in [2.75, 3.05) is 5.75 Å². The number of hydrogen-bond donors (Lipinski definition) is 2. The van der Waals surface area contributed by atoms with E-state index < -0.39 is 0 Å². The predicted octanol–water partition coefficient (Wildman–Crippen LogP) is 1.96. The Labute approximate surface area is 115 Å². The minimum atomic E-state index is -0.151. The SMILES string of the molecule is N#CCSc1ccccc1C(=O)NCc1cn[nH]c1. The van der Waals surface area contributed by atoms with E-state index in [1.807, 2.05) is 18.2 Å². The van der Waals surface area contributed by atoms with Gasteiger partial charge in [-0.05, 0) is 12.1 Å². The number of hydrogen-bond acceptors (Lipinski definition) is 4. The summed E-state index contributed by atoms with van der Waals surface area (Å²) in [6, 6.07) is 9.31. The van der Waals surface area contributed by atoms with Crippen LogP contribution in [0.1, 0.15) is 15.9 Å². The molecule has 5 nitrogen and oxygen atoms in total. The number of benzene rings is 1. The van der Waals surface area contributed by atoms with Crippen molar-refractivity contribution in [2.45, 2.75) is 11.4 Å². The molecule has 0 aliphatic heterocycles. The molecule has 6 heteroatoms. The molecule has 0 saturated carbocycles. The van der Waals surface area contributed by atoms with E-state index in [4.69, 9.17) is 5.26 Å². The van der Waals surface area contributed by atoms with Crippen LogP contribution in [0.25, 0.3) is 0 Å². The molecular formula is C13H12N4OS.